The molecule has 1 nitrogen and oxygen atoms in total. The fraction of sp³-hybridized carbons (Fsp3) is 0.333. The van der Waals surface area contributed by atoms with Crippen molar-refractivity contribution >= 4 is 10.9 Å². The van der Waals surface area contributed by atoms with Gasteiger partial charge in [-0.15, -0.1) is 0 Å². The zero-order valence-corrected chi connectivity index (χ0v) is 8.76. The Hall–Kier alpha value is -1.31. The van der Waals surface area contributed by atoms with Gasteiger partial charge in [0.15, 0.2) is 0 Å². The lowest BCUT2D eigenvalue weighted by molar-refractivity contribution is 0.630. The van der Waals surface area contributed by atoms with Crippen molar-refractivity contribution in [2.45, 2.75) is 20.3 Å². The highest BCUT2D eigenvalue weighted by atomic mass is 19.1. The highest BCUT2D eigenvalue weighted by molar-refractivity contribution is 5.85. The molecule has 0 atom stereocenters. The molecule has 0 aliphatic carbocycles. The molecule has 1 heterocycles. The molecule has 2 heteroatoms. The molecule has 14 heavy (non-hydrogen) atoms. The van der Waals surface area contributed by atoms with Crippen LogP contribution in [0.5, 0.6) is 0 Å². The first-order chi connectivity index (χ1) is 6.65. The van der Waals surface area contributed by atoms with Gasteiger partial charge in [0.2, 0.25) is 0 Å². The van der Waals surface area contributed by atoms with Gasteiger partial charge in [0.25, 0.3) is 0 Å². The van der Waals surface area contributed by atoms with Gasteiger partial charge in [-0.05, 0) is 31.0 Å². The molecule has 0 unspecified atom stereocenters. The summed E-state index contributed by atoms with van der Waals surface area (Å²) in [5.74, 6) is -0.132. The van der Waals surface area contributed by atoms with Crippen LogP contribution < -0.4 is 0 Å². The van der Waals surface area contributed by atoms with Crippen LogP contribution in [0.15, 0.2) is 18.2 Å². The van der Waals surface area contributed by atoms with E-state index in [-0.39, 0.29) is 5.82 Å². The van der Waals surface area contributed by atoms with Gasteiger partial charge in [-0.1, -0.05) is 13.0 Å². The van der Waals surface area contributed by atoms with E-state index in [4.69, 9.17) is 0 Å². The third-order valence-electron chi connectivity index (χ3n) is 2.86. The van der Waals surface area contributed by atoms with E-state index in [1.165, 1.54) is 5.56 Å². The Morgan fingerprint density at radius 2 is 2.07 bits per heavy atom. The number of fused-ring (bicyclic) bond motifs is 1. The maximum atomic E-state index is 13.6. The molecule has 0 aliphatic rings. The summed E-state index contributed by atoms with van der Waals surface area (Å²) in [6, 6.07) is 5.48. The van der Waals surface area contributed by atoms with Crippen molar-refractivity contribution in [2.24, 2.45) is 7.05 Å². The first kappa shape index (κ1) is 9.25. The van der Waals surface area contributed by atoms with Crippen molar-refractivity contribution in [3.05, 3.63) is 35.3 Å². The Bertz CT molecular complexity index is 483. The fourth-order valence-corrected chi connectivity index (χ4v) is 1.92. The maximum Gasteiger partial charge on any atom is 0.147 e. The van der Waals surface area contributed by atoms with Crippen LogP contribution in [0.1, 0.15) is 18.2 Å². The molecule has 1 aromatic heterocycles. The van der Waals surface area contributed by atoms with Crippen LogP contribution in [0.3, 0.4) is 0 Å². The van der Waals surface area contributed by atoms with Gasteiger partial charge in [0, 0.05) is 18.1 Å². The largest absolute Gasteiger partial charge is 0.346 e. The number of aryl methyl sites for hydroxylation is 3. The highest BCUT2D eigenvalue weighted by Crippen LogP contribution is 2.25. The number of halogens is 1. The second-order valence-electron chi connectivity index (χ2n) is 3.67. The molecule has 2 rings (SSSR count). The van der Waals surface area contributed by atoms with E-state index in [0.717, 1.165) is 23.0 Å². The van der Waals surface area contributed by atoms with Crippen molar-refractivity contribution in [3.63, 3.8) is 0 Å². The molecular formula is C12H14FN. The molecule has 0 N–H and O–H groups in total. The van der Waals surface area contributed by atoms with Crippen LogP contribution in [-0.2, 0) is 13.5 Å². The second-order valence-corrected chi connectivity index (χ2v) is 3.67. The van der Waals surface area contributed by atoms with Crippen LogP contribution >= 0.6 is 0 Å². The molecule has 0 bridgehead atoms. The average Bonchev–Trinajstić information content (AvgIpc) is 2.45. The molecule has 0 saturated heterocycles. The smallest absolute Gasteiger partial charge is 0.147 e. The van der Waals surface area contributed by atoms with E-state index in [1.54, 1.807) is 6.07 Å². The fourth-order valence-electron chi connectivity index (χ4n) is 1.92. The lowest BCUT2D eigenvalue weighted by Gasteiger charge is -2.03. The number of nitrogens with zero attached hydrogens (tertiary/aromatic N) is 1. The zero-order chi connectivity index (χ0) is 10.3. The summed E-state index contributed by atoms with van der Waals surface area (Å²) in [7, 11) is 1.90. The zero-order valence-electron chi connectivity index (χ0n) is 8.76. The summed E-state index contributed by atoms with van der Waals surface area (Å²) in [5.41, 5.74) is 3.03. The van der Waals surface area contributed by atoms with E-state index < -0.39 is 0 Å². The monoisotopic (exact) mass is 191 g/mol. The van der Waals surface area contributed by atoms with Gasteiger partial charge in [-0.3, -0.25) is 0 Å². The van der Waals surface area contributed by atoms with Gasteiger partial charge in [-0.25, -0.2) is 4.39 Å². The minimum Gasteiger partial charge on any atom is -0.346 e. The quantitative estimate of drug-likeness (QED) is 0.652. The molecule has 1 aromatic carbocycles. The van der Waals surface area contributed by atoms with Crippen molar-refractivity contribution in [1.29, 1.82) is 0 Å². The number of hydrogen-bond acceptors (Lipinski definition) is 0. The van der Waals surface area contributed by atoms with Crippen molar-refractivity contribution in [2.75, 3.05) is 0 Å². The Morgan fingerprint density at radius 1 is 1.36 bits per heavy atom. The molecule has 0 fully saturated rings. The maximum absolute atomic E-state index is 13.6. The van der Waals surface area contributed by atoms with Crippen LogP contribution in [-0.4, -0.2) is 4.57 Å². The van der Waals surface area contributed by atoms with Gasteiger partial charge in [0.1, 0.15) is 5.82 Å². The van der Waals surface area contributed by atoms with Crippen molar-refractivity contribution < 1.29 is 4.39 Å². The van der Waals surface area contributed by atoms with Crippen LogP contribution in [0, 0.1) is 12.7 Å². The summed E-state index contributed by atoms with van der Waals surface area (Å²) in [4.78, 5) is 0. The number of hydrogen-bond donors (Lipinski definition) is 0. The Kier molecular flexibility index (Phi) is 2.06. The lowest BCUT2D eigenvalue weighted by Crippen LogP contribution is -1.93. The van der Waals surface area contributed by atoms with Crippen molar-refractivity contribution in [1.82, 2.24) is 4.57 Å². The van der Waals surface area contributed by atoms with E-state index in [0.29, 0.717) is 0 Å². The van der Waals surface area contributed by atoms with E-state index >= 15 is 0 Å². The second kappa shape index (κ2) is 3.12. The summed E-state index contributed by atoms with van der Waals surface area (Å²) < 4.78 is 15.5. The van der Waals surface area contributed by atoms with Gasteiger partial charge in [0.05, 0.1) is 5.52 Å². The molecule has 0 amide bonds. The summed E-state index contributed by atoms with van der Waals surface area (Å²) >= 11 is 0. The minimum atomic E-state index is -0.132. The first-order valence-corrected chi connectivity index (χ1v) is 4.88. The third kappa shape index (κ3) is 1.14. The molecule has 0 radical (unpaired) electrons. The average molecular weight is 191 g/mol. The van der Waals surface area contributed by atoms with Gasteiger partial charge < -0.3 is 4.57 Å². The SMILES string of the molecule is CCc1ccc(F)c2c1cc(C)n2C. The standard InChI is InChI=1S/C12H14FN/c1-4-9-5-6-11(13)12-10(9)7-8(2)14(12)3/h5-7H,4H2,1-3H3. The predicted octanol–water partition coefficient (Wildman–Crippen LogP) is 3.19. The first-order valence-electron chi connectivity index (χ1n) is 4.88. The number of rotatable bonds is 1. The van der Waals surface area contributed by atoms with Gasteiger partial charge in [-0.2, -0.15) is 0 Å². The summed E-state index contributed by atoms with van der Waals surface area (Å²) in [5, 5.41) is 1.05. The van der Waals surface area contributed by atoms with Crippen LogP contribution in [0.4, 0.5) is 4.39 Å². The molecule has 0 saturated carbocycles. The molecule has 2 aromatic rings. The Balaban J connectivity index is 2.91. The molecular weight excluding hydrogens is 177 g/mol. The predicted molar refractivity (Wildman–Crippen MR) is 57.0 cm³/mol. The summed E-state index contributed by atoms with van der Waals surface area (Å²) in [6.45, 7) is 4.09. The van der Waals surface area contributed by atoms with E-state index in [1.807, 2.05) is 24.6 Å². The number of benzene rings is 1. The van der Waals surface area contributed by atoms with Gasteiger partial charge >= 0.3 is 0 Å². The van der Waals surface area contributed by atoms with Crippen LogP contribution in [0.2, 0.25) is 0 Å². The molecule has 0 spiro atoms. The van der Waals surface area contributed by atoms with E-state index in [2.05, 4.69) is 13.0 Å². The molecule has 0 aliphatic heterocycles. The minimum absolute atomic E-state index is 0.132. The summed E-state index contributed by atoms with van der Waals surface area (Å²) in [6.07, 6.45) is 0.945. The van der Waals surface area contributed by atoms with Crippen molar-refractivity contribution in [3.8, 4) is 0 Å². The van der Waals surface area contributed by atoms with E-state index in [9.17, 15) is 4.39 Å². The lowest BCUT2D eigenvalue weighted by atomic mass is 10.1. The Morgan fingerprint density at radius 3 is 2.71 bits per heavy atom. The third-order valence-corrected chi connectivity index (χ3v) is 2.86. The highest BCUT2D eigenvalue weighted by Gasteiger charge is 2.10. The molecule has 74 valence electrons. The number of aromatic nitrogens is 1. The van der Waals surface area contributed by atoms with Crippen LogP contribution in [0.25, 0.3) is 10.9 Å². The Labute approximate surface area is 83.2 Å². The normalized spacial score (nSPS) is 11.1. The topological polar surface area (TPSA) is 4.93 Å².